The van der Waals surface area contributed by atoms with E-state index in [4.69, 9.17) is 4.74 Å². The van der Waals surface area contributed by atoms with Crippen LogP contribution in [0.5, 0.6) is 0 Å². The van der Waals surface area contributed by atoms with Gasteiger partial charge < -0.3 is 15.0 Å². The quantitative estimate of drug-likeness (QED) is 0.684. The Hall–Kier alpha value is -2.65. The Balaban J connectivity index is 1.77. The number of rotatable bonds is 5. The van der Waals surface area contributed by atoms with E-state index in [1.807, 2.05) is 0 Å². The Kier molecular flexibility index (Phi) is 6.56. The van der Waals surface area contributed by atoms with E-state index in [1.54, 1.807) is 30.3 Å². The number of esters is 1. The standard InChI is InChI=1S/C22H29N3O5S/c1-13-10-14(2)12-25(11-13)31(28,29)18-8-6-17(7-9-18)24-21(26)20-15(3)19(16(4)23-20)22(27)30-5/h6-9,13-14,23H,10-12H2,1-5H3,(H,24,26)/t13-,14-/m0/s1. The number of anilines is 1. The Morgan fingerprint density at radius 2 is 1.68 bits per heavy atom. The molecule has 31 heavy (non-hydrogen) atoms. The van der Waals surface area contributed by atoms with E-state index in [9.17, 15) is 18.0 Å². The second kappa shape index (κ2) is 8.84. The van der Waals surface area contributed by atoms with Crippen molar-refractivity contribution in [3.63, 3.8) is 0 Å². The zero-order chi connectivity index (χ0) is 22.9. The molecule has 0 unspecified atom stereocenters. The predicted molar refractivity (Wildman–Crippen MR) is 118 cm³/mol. The molecular weight excluding hydrogens is 418 g/mol. The number of H-pyrrole nitrogens is 1. The fourth-order valence-electron chi connectivity index (χ4n) is 4.24. The number of carbonyl (C=O) groups is 2. The highest BCUT2D eigenvalue weighted by Crippen LogP contribution is 2.27. The number of sulfonamides is 1. The van der Waals surface area contributed by atoms with Crippen molar-refractivity contribution in [1.29, 1.82) is 0 Å². The first-order valence-electron chi connectivity index (χ1n) is 10.2. The lowest BCUT2D eigenvalue weighted by atomic mass is 9.94. The summed E-state index contributed by atoms with van der Waals surface area (Å²) in [6, 6.07) is 6.13. The second-order valence-corrected chi connectivity index (χ2v) is 10.3. The molecule has 1 amide bonds. The molecule has 168 valence electrons. The van der Waals surface area contributed by atoms with Crippen molar-refractivity contribution < 1.29 is 22.7 Å². The van der Waals surface area contributed by atoms with Crippen molar-refractivity contribution in [3.8, 4) is 0 Å². The summed E-state index contributed by atoms with van der Waals surface area (Å²) in [6.07, 6.45) is 1.02. The first-order valence-corrected chi connectivity index (χ1v) is 11.7. The molecule has 2 heterocycles. The van der Waals surface area contributed by atoms with Crippen LogP contribution in [0.4, 0.5) is 5.69 Å². The molecular formula is C22H29N3O5S. The Bertz CT molecular complexity index is 1080. The van der Waals surface area contributed by atoms with Crippen LogP contribution in [0.25, 0.3) is 0 Å². The van der Waals surface area contributed by atoms with Gasteiger partial charge in [-0.25, -0.2) is 13.2 Å². The van der Waals surface area contributed by atoms with Crippen LogP contribution in [0.1, 0.15) is 52.4 Å². The normalized spacial score (nSPS) is 19.8. The molecule has 2 atom stereocenters. The van der Waals surface area contributed by atoms with E-state index in [1.165, 1.54) is 19.2 Å². The smallest absolute Gasteiger partial charge is 0.339 e. The molecule has 0 bridgehead atoms. The Morgan fingerprint density at radius 1 is 1.10 bits per heavy atom. The number of aromatic amines is 1. The number of methoxy groups -OCH3 is 1. The summed E-state index contributed by atoms with van der Waals surface area (Å²) in [5, 5.41) is 2.74. The first kappa shape index (κ1) is 23.0. The molecule has 2 N–H and O–H groups in total. The minimum atomic E-state index is -3.58. The molecule has 1 fully saturated rings. The molecule has 0 saturated carbocycles. The summed E-state index contributed by atoms with van der Waals surface area (Å²) in [5.74, 6) is -0.301. The van der Waals surface area contributed by atoms with Crippen molar-refractivity contribution in [2.24, 2.45) is 11.8 Å². The van der Waals surface area contributed by atoms with Crippen LogP contribution in [-0.2, 0) is 14.8 Å². The number of ether oxygens (including phenoxy) is 1. The number of nitrogens with zero attached hydrogens (tertiary/aromatic N) is 1. The van der Waals surface area contributed by atoms with E-state index >= 15 is 0 Å². The zero-order valence-electron chi connectivity index (χ0n) is 18.5. The molecule has 2 aromatic rings. The Labute approximate surface area is 183 Å². The number of piperidine rings is 1. The van der Waals surface area contributed by atoms with E-state index < -0.39 is 21.9 Å². The third kappa shape index (κ3) is 4.67. The third-order valence-corrected chi connectivity index (χ3v) is 7.49. The van der Waals surface area contributed by atoms with Crippen molar-refractivity contribution in [2.45, 2.75) is 39.0 Å². The summed E-state index contributed by atoms with van der Waals surface area (Å²) >= 11 is 0. The molecule has 0 aliphatic carbocycles. The van der Waals surface area contributed by atoms with Gasteiger partial charge in [0.05, 0.1) is 17.6 Å². The average molecular weight is 448 g/mol. The lowest BCUT2D eigenvalue weighted by Gasteiger charge is -2.34. The van der Waals surface area contributed by atoms with Crippen molar-refractivity contribution in [3.05, 3.63) is 46.8 Å². The minimum absolute atomic E-state index is 0.201. The number of carbonyl (C=O) groups excluding carboxylic acids is 2. The van der Waals surface area contributed by atoms with Gasteiger partial charge in [0.25, 0.3) is 5.91 Å². The molecule has 1 aromatic carbocycles. The maximum Gasteiger partial charge on any atom is 0.339 e. The van der Waals surface area contributed by atoms with Gasteiger partial charge in [-0.05, 0) is 61.9 Å². The van der Waals surface area contributed by atoms with Gasteiger partial charge in [-0.3, -0.25) is 4.79 Å². The highest BCUT2D eigenvalue weighted by Gasteiger charge is 2.31. The number of hydrogen-bond donors (Lipinski definition) is 2. The summed E-state index contributed by atoms with van der Waals surface area (Å²) in [5.41, 5.74) is 2.08. The van der Waals surface area contributed by atoms with Gasteiger partial charge in [-0.15, -0.1) is 0 Å². The molecule has 1 aliphatic rings. The van der Waals surface area contributed by atoms with Gasteiger partial charge in [0, 0.05) is 24.5 Å². The third-order valence-electron chi connectivity index (χ3n) is 5.64. The molecule has 9 heteroatoms. The van der Waals surface area contributed by atoms with Crippen LogP contribution in [0.3, 0.4) is 0 Å². The molecule has 0 spiro atoms. The van der Waals surface area contributed by atoms with E-state index in [-0.39, 0.29) is 10.6 Å². The SMILES string of the molecule is COC(=O)c1c(C)[nH]c(C(=O)Nc2ccc(S(=O)(=O)N3C[C@@H](C)C[C@H](C)C3)cc2)c1C. The van der Waals surface area contributed by atoms with Crippen LogP contribution in [-0.4, -0.2) is 49.8 Å². The molecule has 0 radical (unpaired) electrons. The van der Waals surface area contributed by atoms with Gasteiger partial charge in [-0.2, -0.15) is 4.31 Å². The Morgan fingerprint density at radius 3 is 2.23 bits per heavy atom. The lowest BCUT2D eigenvalue weighted by molar-refractivity contribution is 0.0599. The zero-order valence-corrected chi connectivity index (χ0v) is 19.3. The van der Waals surface area contributed by atoms with E-state index in [2.05, 4.69) is 24.1 Å². The number of aryl methyl sites for hydroxylation is 1. The number of nitrogens with one attached hydrogen (secondary N) is 2. The number of hydrogen-bond acceptors (Lipinski definition) is 5. The van der Waals surface area contributed by atoms with Crippen LogP contribution in [0.15, 0.2) is 29.2 Å². The molecule has 1 aromatic heterocycles. The van der Waals surface area contributed by atoms with Crippen LogP contribution < -0.4 is 5.32 Å². The highest BCUT2D eigenvalue weighted by molar-refractivity contribution is 7.89. The predicted octanol–water partition coefficient (Wildman–Crippen LogP) is 3.34. The summed E-state index contributed by atoms with van der Waals surface area (Å²) < 4.78 is 32.3. The van der Waals surface area contributed by atoms with E-state index in [0.29, 0.717) is 47.4 Å². The maximum absolute atomic E-state index is 13.0. The van der Waals surface area contributed by atoms with Crippen LogP contribution in [0.2, 0.25) is 0 Å². The minimum Gasteiger partial charge on any atom is -0.465 e. The van der Waals surface area contributed by atoms with Gasteiger partial charge in [-0.1, -0.05) is 13.8 Å². The second-order valence-electron chi connectivity index (χ2n) is 8.36. The van der Waals surface area contributed by atoms with Gasteiger partial charge in [0.1, 0.15) is 5.69 Å². The molecule has 3 rings (SSSR count). The lowest BCUT2D eigenvalue weighted by Crippen LogP contribution is -2.42. The fourth-order valence-corrected chi connectivity index (χ4v) is 5.92. The van der Waals surface area contributed by atoms with Crippen molar-refractivity contribution in [2.75, 3.05) is 25.5 Å². The van der Waals surface area contributed by atoms with Crippen molar-refractivity contribution >= 4 is 27.6 Å². The highest BCUT2D eigenvalue weighted by atomic mass is 32.2. The average Bonchev–Trinajstić information content (AvgIpc) is 3.01. The van der Waals surface area contributed by atoms with Crippen LogP contribution in [0, 0.1) is 25.7 Å². The fraction of sp³-hybridized carbons (Fsp3) is 0.455. The topological polar surface area (TPSA) is 109 Å². The summed E-state index contributed by atoms with van der Waals surface area (Å²) in [6.45, 7) is 8.51. The largest absolute Gasteiger partial charge is 0.465 e. The number of aromatic nitrogens is 1. The number of amides is 1. The maximum atomic E-state index is 13.0. The van der Waals surface area contributed by atoms with E-state index in [0.717, 1.165) is 6.42 Å². The van der Waals surface area contributed by atoms with Gasteiger partial charge in [0.15, 0.2) is 0 Å². The molecule has 1 saturated heterocycles. The first-order chi connectivity index (χ1) is 14.5. The van der Waals surface area contributed by atoms with Gasteiger partial charge in [0.2, 0.25) is 10.0 Å². The summed E-state index contributed by atoms with van der Waals surface area (Å²) in [4.78, 5) is 27.7. The summed E-state index contributed by atoms with van der Waals surface area (Å²) in [7, 11) is -2.30. The van der Waals surface area contributed by atoms with Crippen LogP contribution >= 0.6 is 0 Å². The molecule has 1 aliphatic heterocycles. The number of benzene rings is 1. The monoisotopic (exact) mass is 447 g/mol. The van der Waals surface area contributed by atoms with Gasteiger partial charge >= 0.3 is 5.97 Å². The molecule has 8 nitrogen and oxygen atoms in total. The van der Waals surface area contributed by atoms with Crippen molar-refractivity contribution in [1.82, 2.24) is 9.29 Å².